The monoisotopic (exact) mass is 688 g/mol. The molecule has 0 radical (unpaired) electrons. The highest BCUT2D eigenvalue weighted by Gasteiger charge is 2.70. The van der Waals surface area contributed by atoms with Crippen LogP contribution in [0.1, 0.15) is 74.1 Å². The number of Topliss-reactive ketones (excluding diaryl/α,β-unsaturated/α-hetero) is 1. The van der Waals surface area contributed by atoms with E-state index in [1.165, 1.54) is 17.0 Å². The minimum Gasteiger partial charge on any atom is -0.363 e. The van der Waals surface area contributed by atoms with Crippen LogP contribution in [0.5, 0.6) is 0 Å². The molecule has 2 saturated carbocycles. The zero-order chi connectivity index (χ0) is 35.8. The molecule has 266 valence electrons. The number of carbonyl (C=O) groups excluding carboxylic acids is 5. The van der Waals surface area contributed by atoms with Crippen molar-refractivity contribution >= 4 is 39.6 Å². The zero-order valence-electron chi connectivity index (χ0n) is 29.0. The predicted octanol–water partition coefficient (Wildman–Crippen LogP) is 1.92. The number of rotatable bonds is 14. The van der Waals surface area contributed by atoms with E-state index in [-0.39, 0.29) is 40.5 Å². The van der Waals surface area contributed by atoms with Crippen molar-refractivity contribution in [3.8, 4) is 0 Å². The van der Waals surface area contributed by atoms with Gasteiger partial charge in [-0.1, -0.05) is 85.9 Å². The van der Waals surface area contributed by atoms with E-state index in [9.17, 15) is 32.4 Å². The van der Waals surface area contributed by atoms with Crippen molar-refractivity contribution < 1.29 is 32.4 Å². The number of benzene rings is 1. The van der Waals surface area contributed by atoms with Crippen molar-refractivity contribution in [2.75, 3.05) is 13.1 Å². The van der Waals surface area contributed by atoms with E-state index < -0.39 is 69.1 Å². The fourth-order valence-electron chi connectivity index (χ4n) is 7.03. The number of hydrogen-bond acceptors (Lipinski definition) is 7. The van der Waals surface area contributed by atoms with E-state index in [4.69, 9.17) is 5.73 Å². The van der Waals surface area contributed by atoms with Crippen LogP contribution >= 0.6 is 0 Å². The molecule has 2 unspecified atom stereocenters. The molecule has 1 heterocycles. The van der Waals surface area contributed by atoms with Gasteiger partial charge < -0.3 is 26.6 Å². The summed E-state index contributed by atoms with van der Waals surface area (Å²) < 4.78 is 28.1. The highest BCUT2D eigenvalue weighted by molar-refractivity contribution is 7.89. The number of urea groups is 1. The largest absolute Gasteiger partial charge is 0.363 e. The second-order valence-corrected chi connectivity index (χ2v) is 17.4. The lowest BCUT2D eigenvalue weighted by atomic mass is 9.80. The Hall–Kier alpha value is -3.52. The maximum absolute atomic E-state index is 14.3. The number of nitrogens with zero attached hydrogens (tertiary/aromatic N) is 1. The summed E-state index contributed by atoms with van der Waals surface area (Å²) in [6.45, 7) is 13.4. The van der Waals surface area contributed by atoms with Crippen LogP contribution in [0.25, 0.3) is 0 Å². The molecule has 0 spiro atoms. The topological polar surface area (TPSA) is 197 Å². The van der Waals surface area contributed by atoms with Crippen LogP contribution < -0.4 is 26.4 Å². The van der Waals surface area contributed by atoms with Crippen molar-refractivity contribution in [2.24, 2.45) is 40.2 Å². The van der Waals surface area contributed by atoms with E-state index >= 15 is 0 Å². The first-order chi connectivity index (χ1) is 22.3. The number of primary amides is 1. The molecule has 48 heavy (non-hydrogen) atoms. The Labute approximate surface area is 283 Å². The van der Waals surface area contributed by atoms with Crippen LogP contribution in [0.15, 0.2) is 35.2 Å². The molecule has 14 heteroatoms. The summed E-state index contributed by atoms with van der Waals surface area (Å²) in [6, 6.07) is 3.66. The van der Waals surface area contributed by atoms with Crippen molar-refractivity contribution in [1.82, 2.24) is 25.6 Å². The van der Waals surface area contributed by atoms with Gasteiger partial charge in [0.2, 0.25) is 27.6 Å². The molecule has 13 nitrogen and oxygen atoms in total. The lowest BCUT2D eigenvalue weighted by Gasteiger charge is -2.38. The summed E-state index contributed by atoms with van der Waals surface area (Å²) in [4.78, 5) is 67.8. The van der Waals surface area contributed by atoms with E-state index in [1.807, 2.05) is 27.7 Å². The van der Waals surface area contributed by atoms with Crippen LogP contribution in [-0.4, -0.2) is 80.1 Å². The van der Waals surface area contributed by atoms with E-state index in [2.05, 4.69) is 20.7 Å². The Morgan fingerprint density at radius 3 is 2.15 bits per heavy atom. The average molecular weight is 689 g/mol. The van der Waals surface area contributed by atoms with Gasteiger partial charge >= 0.3 is 6.03 Å². The summed E-state index contributed by atoms with van der Waals surface area (Å²) in [6.07, 6.45) is 3.15. The van der Waals surface area contributed by atoms with Gasteiger partial charge in [0.1, 0.15) is 12.1 Å². The number of ketones is 1. The lowest BCUT2D eigenvalue weighted by Crippen LogP contribution is -2.62. The molecule has 1 aromatic rings. The van der Waals surface area contributed by atoms with E-state index in [0.29, 0.717) is 13.0 Å². The third-order valence-electron chi connectivity index (χ3n) is 10.5. The normalized spacial score (nSPS) is 23.7. The third kappa shape index (κ3) is 8.19. The number of fused-ring (bicyclic) bond motifs is 1. The van der Waals surface area contributed by atoms with Gasteiger partial charge in [-0.05, 0) is 53.1 Å². The Morgan fingerprint density at radius 2 is 1.62 bits per heavy atom. The van der Waals surface area contributed by atoms with E-state index in [1.54, 1.807) is 39.0 Å². The number of sulfonamides is 1. The first kappa shape index (κ1) is 37.3. The smallest absolute Gasteiger partial charge is 0.315 e. The van der Waals surface area contributed by atoms with Gasteiger partial charge in [-0.15, -0.1) is 0 Å². The first-order valence-corrected chi connectivity index (χ1v) is 18.3. The van der Waals surface area contributed by atoms with Gasteiger partial charge in [-0.25, -0.2) is 17.9 Å². The second-order valence-electron chi connectivity index (χ2n) is 15.6. The summed E-state index contributed by atoms with van der Waals surface area (Å²) >= 11 is 0. The van der Waals surface area contributed by atoms with Crippen molar-refractivity contribution in [3.05, 3.63) is 30.3 Å². The third-order valence-corrected chi connectivity index (χ3v) is 11.9. The van der Waals surface area contributed by atoms with Crippen LogP contribution in [0.4, 0.5) is 4.79 Å². The summed E-state index contributed by atoms with van der Waals surface area (Å²) in [5, 5.41) is 8.41. The Bertz CT molecular complexity index is 1500. The number of carbonyl (C=O) groups is 5. The summed E-state index contributed by atoms with van der Waals surface area (Å²) in [5.41, 5.74) is 4.34. The molecule has 0 bridgehead atoms. The van der Waals surface area contributed by atoms with Crippen molar-refractivity contribution in [3.63, 3.8) is 0 Å². The maximum atomic E-state index is 14.3. The fourth-order valence-corrected chi connectivity index (χ4v) is 8.11. The van der Waals surface area contributed by atoms with E-state index in [0.717, 1.165) is 19.3 Å². The fraction of sp³-hybridized carbons (Fsp3) is 0.676. The molecule has 6 N–H and O–H groups in total. The maximum Gasteiger partial charge on any atom is 0.315 e. The molecule has 1 aromatic carbocycles. The Balaban J connectivity index is 1.48. The van der Waals surface area contributed by atoms with Gasteiger partial charge in [-0.2, -0.15) is 0 Å². The van der Waals surface area contributed by atoms with Gasteiger partial charge in [-0.3, -0.25) is 19.2 Å². The van der Waals surface area contributed by atoms with Gasteiger partial charge in [0, 0.05) is 19.1 Å². The molecule has 0 aromatic heterocycles. The SMILES string of the molecule is CC(C)C(CNS(=O)(=O)c1ccccc1)NC(=O)N[C@H](C(=O)N1C[C@H]2[C@@H]([C@H]1C(=O)NC(CC1CCC1)C(=O)C(N)=O)C2(C)C)C(C)(C)C. The van der Waals surface area contributed by atoms with Gasteiger partial charge in [0.05, 0.1) is 10.9 Å². The van der Waals surface area contributed by atoms with Crippen molar-refractivity contribution in [2.45, 2.75) is 103 Å². The summed E-state index contributed by atoms with van der Waals surface area (Å²) in [5.74, 6) is -2.98. The minimum absolute atomic E-state index is 0.0477. The van der Waals surface area contributed by atoms with Crippen molar-refractivity contribution in [1.29, 1.82) is 0 Å². The highest BCUT2D eigenvalue weighted by Crippen LogP contribution is 2.65. The first-order valence-electron chi connectivity index (χ1n) is 16.8. The molecule has 1 aliphatic heterocycles. The van der Waals surface area contributed by atoms with Crippen LogP contribution in [0.3, 0.4) is 0 Å². The minimum atomic E-state index is -3.81. The molecule has 3 fully saturated rings. The lowest BCUT2D eigenvalue weighted by molar-refractivity contribution is -0.145. The molecule has 6 atom stereocenters. The molecule has 2 aliphatic carbocycles. The second kappa shape index (κ2) is 14.1. The highest BCUT2D eigenvalue weighted by atomic mass is 32.2. The Morgan fingerprint density at radius 1 is 1.00 bits per heavy atom. The molecule has 3 aliphatic rings. The van der Waals surface area contributed by atoms with Crippen LogP contribution in [-0.2, 0) is 29.2 Å². The molecular weight excluding hydrogens is 636 g/mol. The zero-order valence-corrected chi connectivity index (χ0v) is 29.9. The standard InChI is InChI=1S/C34H52N6O7S/c1-19(2)24(17-36-48(46,47)21-14-9-8-10-15-21)38-32(45)39-28(33(3,4)5)31(44)40-18-22-25(34(22,6)7)26(40)30(43)37-23(27(41)29(35)42)16-20-12-11-13-20/h8-10,14-15,19-20,22-26,28,36H,11-13,16-18H2,1-7H3,(H2,35,42)(H,37,43)(H2,38,39,45)/t22-,23?,24?,25-,26-,28+/m0/s1. The summed E-state index contributed by atoms with van der Waals surface area (Å²) in [7, 11) is -3.81. The molecule has 5 amide bonds. The van der Waals surface area contributed by atoms with Crippen LogP contribution in [0, 0.1) is 34.5 Å². The van der Waals surface area contributed by atoms with Gasteiger partial charge in [0.25, 0.3) is 5.91 Å². The molecule has 4 rings (SSSR count). The predicted molar refractivity (Wildman–Crippen MR) is 180 cm³/mol. The number of likely N-dealkylation sites (tertiary alicyclic amines) is 1. The number of piperidine rings is 1. The number of amides is 5. The molecule has 1 saturated heterocycles. The number of nitrogens with one attached hydrogen (secondary N) is 4. The van der Waals surface area contributed by atoms with Crippen LogP contribution in [0.2, 0.25) is 0 Å². The quantitative estimate of drug-likeness (QED) is 0.184. The molecular formula is C34H52N6O7S. The Kier molecular flexibility index (Phi) is 11.0. The average Bonchev–Trinajstić information content (AvgIpc) is 3.29. The van der Waals surface area contributed by atoms with Gasteiger partial charge in [0.15, 0.2) is 0 Å². The number of nitrogens with two attached hydrogens (primary N) is 1. The number of hydrogen-bond donors (Lipinski definition) is 5.